The van der Waals surface area contributed by atoms with Gasteiger partial charge < -0.3 is 10.2 Å². The molecule has 2 nitrogen and oxygen atoms in total. The fourth-order valence-electron chi connectivity index (χ4n) is 3.61. The van der Waals surface area contributed by atoms with Gasteiger partial charge in [0.05, 0.1) is 0 Å². The van der Waals surface area contributed by atoms with Gasteiger partial charge in [-0.3, -0.25) is 0 Å². The van der Waals surface area contributed by atoms with Crippen molar-refractivity contribution in [3.63, 3.8) is 0 Å². The van der Waals surface area contributed by atoms with Gasteiger partial charge in [-0.15, -0.1) is 22.7 Å². The largest absolute Gasteiger partial charge is 0.378 e. The Hall–Kier alpha value is -0.453. The van der Waals surface area contributed by atoms with Gasteiger partial charge >= 0.3 is 0 Å². The topological polar surface area (TPSA) is 40.5 Å². The number of alkyl halides is 1. The third-order valence-electron chi connectivity index (χ3n) is 5.31. The monoisotopic (exact) mass is 366 g/mol. The van der Waals surface area contributed by atoms with Crippen molar-refractivity contribution in [1.82, 2.24) is 0 Å². The van der Waals surface area contributed by atoms with Crippen LogP contribution in [0.1, 0.15) is 70.6 Å². The van der Waals surface area contributed by atoms with E-state index in [9.17, 15) is 10.2 Å². The Bertz CT molecular complexity index is 483. The van der Waals surface area contributed by atoms with E-state index in [1.807, 2.05) is 0 Å². The lowest BCUT2D eigenvalue weighted by molar-refractivity contribution is 0.0607. The third kappa shape index (κ3) is 6.12. The summed E-state index contributed by atoms with van der Waals surface area (Å²) in [6, 6.07) is 0.905. The van der Waals surface area contributed by atoms with E-state index in [0.717, 1.165) is 63.8 Å². The van der Waals surface area contributed by atoms with Crippen LogP contribution in [-0.4, -0.2) is 35.4 Å². The Morgan fingerprint density at radius 1 is 0.833 bits per heavy atom. The summed E-state index contributed by atoms with van der Waals surface area (Å²) in [6.07, 6.45) is 10.6. The van der Waals surface area contributed by atoms with Crippen molar-refractivity contribution in [3.05, 3.63) is 0 Å². The molecule has 2 N–H and O–H groups in total. The van der Waals surface area contributed by atoms with Gasteiger partial charge in [0.15, 0.2) is 0 Å². The second kappa shape index (κ2) is 8.77. The van der Waals surface area contributed by atoms with Crippen LogP contribution in [0.15, 0.2) is 0 Å². The molecule has 2 fully saturated rings. The van der Waals surface area contributed by atoms with Crippen LogP contribution in [0.4, 0.5) is 0 Å². The lowest BCUT2D eigenvalue weighted by Crippen LogP contribution is -2.34. The summed E-state index contributed by atoms with van der Waals surface area (Å²) in [5, 5.41) is 21.3. The van der Waals surface area contributed by atoms with E-state index < -0.39 is 19.3 Å². The summed E-state index contributed by atoms with van der Waals surface area (Å²) in [4.78, 5) is 0. The molecule has 0 aromatic carbocycles. The first-order valence-electron chi connectivity index (χ1n) is 9.48. The lowest BCUT2D eigenvalue weighted by Gasteiger charge is -2.28. The van der Waals surface area contributed by atoms with Crippen LogP contribution in [0.3, 0.4) is 0 Å². The Kier molecular flexibility index (Phi) is 7.26. The van der Waals surface area contributed by atoms with Crippen LogP contribution in [0, 0.1) is 22.9 Å². The second-order valence-electron chi connectivity index (χ2n) is 7.81. The quantitative estimate of drug-likeness (QED) is 0.447. The zero-order valence-electron chi connectivity index (χ0n) is 15.0. The molecule has 4 heteroatoms. The molecular weight excluding hydrogens is 336 g/mol. The number of hydrogen-bond acceptors (Lipinski definition) is 2. The average molecular weight is 367 g/mol. The Morgan fingerprint density at radius 3 is 1.62 bits per heavy atom. The Balaban J connectivity index is 2.17. The van der Waals surface area contributed by atoms with Crippen LogP contribution in [-0.2, 0) is 0 Å². The summed E-state index contributed by atoms with van der Waals surface area (Å²) >= 11 is 5.89. The molecule has 24 heavy (non-hydrogen) atoms. The van der Waals surface area contributed by atoms with Gasteiger partial charge in [0.1, 0.15) is 11.2 Å². The van der Waals surface area contributed by atoms with Crippen molar-refractivity contribution >= 4 is 19.7 Å². The number of hydrogen-bond donors (Lipinski definition) is 2. The van der Waals surface area contributed by atoms with Gasteiger partial charge in [0, 0.05) is 5.88 Å². The van der Waals surface area contributed by atoms with E-state index in [0.29, 0.717) is 5.88 Å². The number of halogens is 1. The second-order valence-corrected chi connectivity index (χ2v) is 11.9. The molecule has 0 aromatic rings. The van der Waals surface area contributed by atoms with Gasteiger partial charge in [-0.2, -0.15) is 0 Å². The van der Waals surface area contributed by atoms with E-state index in [4.69, 9.17) is 11.6 Å². The molecular formula is C20H31ClO2Si. The normalized spacial score (nSPS) is 22.7. The minimum Gasteiger partial charge on any atom is -0.378 e. The summed E-state index contributed by atoms with van der Waals surface area (Å²) in [7, 11) is -2.16. The predicted octanol–water partition coefficient (Wildman–Crippen LogP) is 4.17. The average Bonchev–Trinajstić information content (AvgIpc) is 2.58. The van der Waals surface area contributed by atoms with Gasteiger partial charge in [-0.1, -0.05) is 24.7 Å². The zero-order chi connectivity index (χ0) is 17.5. The minimum absolute atomic E-state index is 0.612. The molecule has 2 rings (SSSR count). The van der Waals surface area contributed by atoms with Crippen molar-refractivity contribution in [2.24, 2.45) is 0 Å². The molecule has 0 spiro atoms. The van der Waals surface area contributed by atoms with Crippen LogP contribution in [0.5, 0.6) is 0 Å². The molecule has 0 atom stereocenters. The first kappa shape index (κ1) is 19.9. The maximum absolute atomic E-state index is 10.7. The van der Waals surface area contributed by atoms with Gasteiger partial charge in [-0.25, -0.2) is 0 Å². The smallest absolute Gasteiger partial charge is 0.214 e. The molecule has 0 saturated heterocycles. The van der Waals surface area contributed by atoms with E-state index in [1.54, 1.807) is 0 Å². The van der Waals surface area contributed by atoms with Crippen LogP contribution in [0.2, 0.25) is 12.6 Å². The highest BCUT2D eigenvalue weighted by Crippen LogP contribution is 2.29. The highest BCUT2D eigenvalue weighted by molar-refractivity contribution is 6.93. The molecule has 2 aliphatic rings. The summed E-state index contributed by atoms with van der Waals surface area (Å²) < 4.78 is 0. The van der Waals surface area contributed by atoms with Crippen LogP contribution in [0.25, 0.3) is 0 Å². The van der Waals surface area contributed by atoms with Gasteiger partial charge in [0.25, 0.3) is 0 Å². The molecule has 0 aliphatic heterocycles. The van der Waals surface area contributed by atoms with E-state index in [2.05, 4.69) is 29.5 Å². The third-order valence-corrected chi connectivity index (χ3v) is 8.29. The van der Waals surface area contributed by atoms with Gasteiger partial charge in [0.2, 0.25) is 8.07 Å². The fraction of sp³-hybridized carbons (Fsp3) is 0.800. The summed E-state index contributed by atoms with van der Waals surface area (Å²) in [6.45, 7) is 2.15. The molecule has 0 radical (unpaired) electrons. The van der Waals surface area contributed by atoms with Gasteiger partial charge in [-0.05, 0) is 70.4 Å². The summed E-state index contributed by atoms with van der Waals surface area (Å²) in [5.74, 6) is 6.99. The van der Waals surface area contributed by atoms with E-state index in [-0.39, 0.29) is 0 Å². The number of aliphatic hydroxyl groups is 2. The fourth-order valence-corrected chi connectivity index (χ4v) is 6.18. The molecule has 134 valence electrons. The maximum atomic E-state index is 10.7. The van der Waals surface area contributed by atoms with Crippen molar-refractivity contribution in [3.8, 4) is 22.9 Å². The first-order valence-corrected chi connectivity index (χ1v) is 12.7. The van der Waals surface area contributed by atoms with E-state index >= 15 is 0 Å². The van der Waals surface area contributed by atoms with Crippen molar-refractivity contribution < 1.29 is 10.2 Å². The first-order chi connectivity index (χ1) is 11.4. The SMILES string of the molecule is C[Si](C#CC1(O)CCCCC1)(C#CC1(O)CCCCC1)CCCCl. The summed E-state index contributed by atoms with van der Waals surface area (Å²) in [5.41, 5.74) is 5.14. The maximum Gasteiger partial charge on any atom is 0.214 e. The Morgan fingerprint density at radius 2 is 1.25 bits per heavy atom. The van der Waals surface area contributed by atoms with Crippen molar-refractivity contribution in [2.45, 2.75) is 94.4 Å². The van der Waals surface area contributed by atoms with Crippen molar-refractivity contribution in [1.29, 1.82) is 0 Å². The molecule has 2 saturated carbocycles. The molecule has 2 aliphatic carbocycles. The van der Waals surface area contributed by atoms with Crippen molar-refractivity contribution in [2.75, 3.05) is 5.88 Å². The number of rotatable bonds is 3. The van der Waals surface area contributed by atoms with E-state index in [1.165, 1.54) is 12.8 Å². The molecule has 0 bridgehead atoms. The molecule has 0 aromatic heterocycles. The minimum atomic E-state index is -2.16. The van der Waals surface area contributed by atoms with Crippen LogP contribution < -0.4 is 0 Å². The Labute approximate surface area is 153 Å². The lowest BCUT2D eigenvalue weighted by atomic mass is 9.86. The predicted molar refractivity (Wildman–Crippen MR) is 103 cm³/mol. The highest BCUT2D eigenvalue weighted by Gasteiger charge is 2.31. The standard InChI is InChI=1S/C20H31ClO2Si/c1-24(16-8-15-21,17-13-19(22)9-4-2-5-10-19)18-14-20(23)11-6-3-7-12-20/h22-23H,2-12,15-16H2,1H3. The molecule has 0 amide bonds. The molecule has 0 heterocycles. The van der Waals surface area contributed by atoms with Crippen LogP contribution >= 0.6 is 11.6 Å². The highest BCUT2D eigenvalue weighted by atomic mass is 35.5. The molecule has 0 unspecified atom stereocenters. The zero-order valence-corrected chi connectivity index (χ0v) is 16.7.